The van der Waals surface area contributed by atoms with Crippen LogP contribution in [0.15, 0.2) is 0 Å². The first-order valence-electron chi connectivity index (χ1n) is 5.34. The molecule has 3 heteroatoms. The molecule has 0 aliphatic heterocycles. The molecule has 86 valence electrons. The first-order valence-corrected chi connectivity index (χ1v) is 5.34. The third kappa shape index (κ3) is 2.69. The lowest BCUT2D eigenvalue weighted by molar-refractivity contribution is 0.0208. The molecule has 6 N–H and O–H groups in total. The minimum absolute atomic E-state index is 0.102. The number of nitrogens with two attached hydrogens (primary N) is 3. The van der Waals surface area contributed by atoms with E-state index in [1.807, 2.05) is 6.92 Å². The molecule has 0 aromatic carbocycles. The van der Waals surface area contributed by atoms with Gasteiger partial charge in [0.2, 0.25) is 0 Å². The van der Waals surface area contributed by atoms with Crippen LogP contribution < -0.4 is 17.2 Å². The summed E-state index contributed by atoms with van der Waals surface area (Å²) >= 11 is 0. The third-order valence-electron chi connectivity index (χ3n) is 4.04. The number of hydrogen-bond donors (Lipinski definition) is 3. The highest BCUT2D eigenvalue weighted by molar-refractivity contribution is 4.98. The van der Waals surface area contributed by atoms with E-state index < -0.39 is 5.66 Å². The predicted molar refractivity (Wildman–Crippen MR) is 62.6 cm³/mol. The molecule has 0 spiro atoms. The summed E-state index contributed by atoms with van der Waals surface area (Å²) in [5.74, 6) is 0. The second-order valence-corrected chi connectivity index (χ2v) is 5.68. The van der Waals surface area contributed by atoms with Crippen LogP contribution in [0.1, 0.15) is 47.5 Å². The van der Waals surface area contributed by atoms with Crippen molar-refractivity contribution in [1.29, 1.82) is 0 Å². The molecular weight excluding hydrogens is 174 g/mol. The summed E-state index contributed by atoms with van der Waals surface area (Å²) in [4.78, 5) is 0. The fraction of sp³-hybridized carbons (Fsp3) is 1.00. The van der Waals surface area contributed by atoms with Gasteiger partial charge in [-0.25, -0.2) is 0 Å². The molecule has 0 unspecified atom stereocenters. The van der Waals surface area contributed by atoms with Gasteiger partial charge in [0.15, 0.2) is 0 Å². The zero-order chi connectivity index (χ0) is 11.6. The molecule has 0 aliphatic carbocycles. The molecule has 14 heavy (non-hydrogen) atoms. The van der Waals surface area contributed by atoms with Crippen LogP contribution in [0, 0.1) is 10.8 Å². The maximum Gasteiger partial charge on any atom is 0.0665 e. The number of rotatable bonds is 5. The lowest BCUT2D eigenvalue weighted by atomic mass is 9.60. The van der Waals surface area contributed by atoms with Gasteiger partial charge in [0.05, 0.1) is 5.66 Å². The maximum atomic E-state index is 6.02. The number of hydrogen-bond acceptors (Lipinski definition) is 3. The first kappa shape index (κ1) is 13.9. The highest BCUT2D eigenvalue weighted by atomic mass is 15.0. The smallest absolute Gasteiger partial charge is 0.0665 e. The molecule has 0 atom stereocenters. The van der Waals surface area contributed by atoms with E-state index in [1.165, 1.54) is 0 Å². The molecule has 3 nitrogen and oxygen atoms in total. The molecule has 0 saturated heterocycles. The van der Waals surface area contributed by atoms with Gasteiger partial charge in [0.25, 0.3) is 0 Å². The summed E-state index contributed by atoms with van der Waals surface area (Å²) in [5, 5.41) is 0. The predicted octanol–water partition coefficient (Wildman–Crippen LogP) is 1.41. The minimum Gasteiger partial charge on any atom is -0.330 e. The first-order chi connectivity index (χ1) is 6.06. The lowest BCUT2D eigenvalue weighted by Gasteiger charge is -2.50. The van der Waals surface area contributed by atoms with Crippen molar-refractivity contribution < 1.29 is 0 Å². The van der Waals surface area contributed by atoms with Gasteiger partial charge in [-0.15, -0.1) is 0 Å². The van der Waals surface area contributed by atoms with E-state index in [9.17, 15) is 0 Å². The van der Waals surface area contributed by atoms with Crippen LogP contribution in [0.25, 0.3) is 0 Å². The Kier molecular flexibility index (Phi) is 4.13. The van der Waals surface area contributed by atoms with Gasteiger partial charge in [-0.05, 0) is 31.7 Å². The minimum atomic E-state index is -0.662. The molecule has 0 aromatic rings. The maximum absolute atomic E-state index is 6.02. The van der Waals surface area contributed by atoms with Gasteiger partial charge >= 0.3 is 0 Å². The van der Waals surface area contributed by atoms with E-state index in [0.717, 1.165) is 19.4 Å². The molecule has 0 amide bonds. The molecular formula is C11H27N3. The quantitative estimate of drug-likeness (QED) is 0.588. The van der Waals surface area contributed by atoms with E-state index >= 15 is 0 Å². The lowest BCUT2D eigenvalue weighted by Crippen LogP contribution is -2.62. The Morgan fingerprint density at radius 2 is 1.36 bits per heavy atom. The van der Waals surface area contributed by atoms with Crippen LogP contribution in [0.4, 0.5) is 0 Å². The van der Waals surface area contributed by atoms with Gasteiger partial charge in [-0.1, -0.05) is 27.7 Å². The average Bonchev–Trinajstić information content (AvgIpc) is 1.98. The second-order valence-electron chi connectivity index (χ2n) is 5.68. The molecule has 0 aliphatic rings. The Hall–Kier alpha value is -0.120. The van der Waals surface area contributed by atoms with Gasteiger partial charge in [-0.2, -0.15) is 0 Å². The molecule has 0 heterocycles. The largest absolute Gasteiger partial charge is 0.330 e. The van der Waals surface area contributed by atoms with Crippen LogP contribution in [0.3, 0.4) is 0 Å². The van der Waals surface area contributed by atoms with Crippen molar-refractivity contribution >= 4 is 0 Å². The van der Waals surface area contributed by atoms with E-state index in [-0.39, 0.29) is 10.8 Å². The van der Waals surface area contributed by atoms with Crippen molar-refractivity contribution in [2.75, 3.05) is 6.54 Å². The van der Waals surface area contributed by atoms with E-state index in [2.05, 4.69) is 27.7 Å². The fourth-order valence-electron chi connectivity index (χ4n) is 1.59. The summed E-state index contributed by atoms with van der Waals surface area (Å²) in [7, 11) is 0. The van der Waals surface area contributed by atoms with Crippen LogP contribution >= 0.6 is 0 Å². The van der Waals surface area contributed by atoms with Gasteiger partial charge in [0.1, 0.15) is 0 Å². The molecule has 0 bridgehead atoms. The highest BCUT2D eigenvalue weighted by Crippen LogP contribution is 2.46. The average molecular weight is 201 g/mol. The van der Waals surface area contributed by atoms with Crippen LogP contribution in [0.5, 0.6) is 0 Å². The standard InChI is InChI=1S/C11H27N3/c1-9(2,7-6-8-12)10(3,4)11(5,13)14/h6-8,12-14H2,1-5H3. The van der Waals surface area contributed by atoms with Crippen molar-refractivity contribution in [2.24, 2.45) is 28.0 Å². The molecule has 0 rings (SSSR count). The Morgan fingerprint density at radius 1 is 0.929 bits per heavy atom. The summed E-state index contributed by atoms with van der Waals surface area (Å²) in [5.41, 5.74) is 16.9. The van der Waals surface area contributed by atoms with Crippen molar-refractivity contribution in [3.8, 4) is 0 Å². The highest BCUT2D eigenvalue weighted by Gasteiger charge is 2.45. The van der Waals surface area contributed by atoms with Crippen molar-refractivity contribution in [3.05, 3.63) is 0 Å². The van der Waals surface area contributed by atoms with Gasteiger partial charge in [-0.3, -0.25) is 0 Å². The third-order valence-corrected chi connectivity index (χ3v) is 4.04. The van der Waals surface area contributed by atoms with E-state index in [4.69, 9.17) is 17.2 Å². The van der Waals surface area contributed by atoms with Crippen LogP contribution in [-0.4, -0.2) is 12.2 Å². The van der Waals surface area contributed by atoms with E-state index in [0.29, 0.717) is 0 Å². The van der Waals surface area contributed by atoms with Crippen molar-refractivity contribution in [1.82, 2.24) is 0 Å². The Bertz CT molecular complexity index is 177. The van der Waals surface area contributed by atoms with Crippen LogP contribution in [0.2, 0.25) is 0 Å². The Balaban J connectivity index is 4.69. The molecule has 0 aromatic heterocycles. The SMILES string of the molecule is CC(N)(N)C(C)(C)C(C)(C)CCCN. The van der Waals surface area contributed by atoms with Gasteiger partial charge < -0.3 is 17.2 Å². The summed E-state index contributed by atoms with van der Waals surface area (Å²) in [6.45, 7) is 11.3. The summed E-state index contributed by atoms with van der Waals surface area (Å²) < 4.78 is 0. The summed E-state index contributed by atoms with van der Waals surface area (Å²) in [6.07, 6.45) is 2.08. The van der Waals surface area contributed by atoms with Crippen molar-refractivity contribution in [3.63, 3.8) is 0 Å². The zero-order valence-corrected chi connectivity index (χ0v) is 10.4. The summed E-state index contributed by atoms with van der Waals surface area (Å²) in [6, 6.07) is 0. The van der Waals surface area contributed by atoms with Gasteiger partial charge in [0, 0.05) is 5.41 Å². The Labute approximate surface area is 88.4 Å². The second kappa shape index (κ2) is 4.17. The molecule has 0 saturated carbocycles. The monoisotopic (exact) mass is 201 g/mol. The fourth-order valence-corrected chi connectivity index (χ4v) is 1.59. The Morgan fingerprint density at radius 3 is 1.64 bits per heavy atom. The van der Waals surface area contributed by atoms with E-state index in [1.54, 1.807) is 0 Å². The van der Waals surface area contributed by atoms with Crippen LogP contribution in [-0.2, 0) is 0 Å². The topological polar surface area (TPSA) is 78.1 Å². The molecule has 0 fully saturated rings. The normalized spacial score (nSPS) is 14.6. The molecule has 0 radical (unpaired) electrons. The van der Waals surface area contributed by atoms with Crippen molar-refractivity contribution in [2.45, 2.75) is 53.1 Å². The zero-order valence-electron chi connectivity index (χ0n) is 10.4.